The molecule has 142 valence electrons. The predicted octanol–water partition coefficient (Wildman–Crippen LogP) is 4.61. The number of nitrogens with one attached hydrogen (secondary N) is 1. The van der Waals surface area contributed by atoms with Crippen molar-refractivity contribution in [2.24, 2.45) is 0 Å². The van der Waals surface area contributed by atoms with Gasteiger partial charge in [-0.15, -0.1) is 0 Å². The second-order valence-corrected chi connectivity index (χ2v) is 5.11. The number of aromatic nitrogens is 2. The van der Waals surface area contributed by atoms with E-state index < -0.39 is 70.7 Å². The Bertz CT molecular complexity index is 828. The summed E-state index contributed by atoms with van der Waals surface area (Å²) in [4.78, 5) is 11.7. The number of rotatable bonds is 5. The summed E-state index contributed by atoms with van der Waals surface area (Å²) in [5.41, 5.74) is -3.98. The first kappa shape index (κ1) is 19.9. The fraction of sp³-hybridized carbons (Fsp3) is 0.231. The van der Waals surface area contributed by atoms with Crippen molar-refractivity contribution in [2.75, 3.05) is 5.32 Å². The number of alkyl halides is 4. The van der Waals surface area contributed by atoms with E-state index >= 15 is 0 Å². The molecular formula is C13H6ClF8N3O. The molecule has 1 aromatic carbocycles. The van der Waals surface area contributed by atoms with Crippen LogP contribution in [0.2, 0.25) is 5.02 Å². The van der Waals surface area contributed by atoms with Crippen molar-refractivity contribution in [3.05, 3.63) is 45.7 Å². The van der Waals surface area contributed by atoms with Gasteiger partial charge in [-0.2, -0.15) is 5.10 Å². The summed E-state index contributed by atoms with van der Waals surface area (Å²) in [5.74, 6) is -9.02. The molecule has 2 aromatic rings. The van der Waals surface area contributed by atoms with Gasteiger partial charge in [0.25, 0.3) is 12.9 Å². The minimum atomic E-state index is -3.41. The fourth-order valence-corrected chi connectivity index (χ4v) is 2.24. The molecule has 0 radical (unpaired) electrons. The van der Waals surface area contributed by atoms with Crippen molar-refractivity contribution < 1.29 is 39.9 Å². The summed E-state index contributed by atoms with van der Waals surface area (Å²) in [6, 6.07) is -0.114. The van der Waals surface area contributed by atoms with Crippen LogP contribution < -0.4 is 5.32 Å². The van der Waals surface area contributed by atoms with E-state index in [0.29, 0.717) is 0 Å². The van der Waals surface area contributed by atoms with Crippen molar-refractivity contribution in [3.63, 3.8) is 0 Å². The number of halogens is 9. The van der Waals surface area contributed by atoms with Crippen LogP contribution in [0.4, 0.5) is 40.8 Å². The van der Waals surface area contributed by atoms with Crippen LogP contribution >= 0.6 is 11.6 Å². The summed E-state index contributed by atoms with van der Waals surface area (Å²) in [7, 11) is 0. The molecule has 0 unspecified atom stereocenters. The molecule has 4 nitrogen and oxygen atoms in total. The van der Waals surface area contributed by atoms with Crippen molar-refractivity contribution >= 4 is 23.2 Å². The monoisotopic (exact) mass is 407 g/mol. The first-order valence-electron chi connectivity index (χ1n) is 6.49. The van der Waals surface area contributed by atoms with Crippen molar-refractivity contribution in [1.29, 1.82) is 0 Å². The van der Waals surface area contributed by atoms with Crippen LogP contribution in [0.15, 0.2) is 6.07 Å². The molecular weight excluding hydrogens is 402 g/mol. The largest absolute Gasteiger partial charge is 0.319 e. The highest BCUT2D eigenvalue weighted by Gasteiger charge is 2.29. The zero-order valence-electron chi connectivity index (χ0n) is 12.1. The Kier molecular flexibility index (Phi) is 5.74. The highest BCUT2D eigenvalue weighted by Crippen LogP contribution is 2.34. The number of carbonyl (C=O) groups excluding carboxylic acids is 1. The molecule has 2 rings (SSSR count). The average molecular weight is 408 g/mol. The lowest BCUT2D eigenvalue weighted by atomic mass is 10.2. The number of carbonyl (C=O) groups is 1. The molecule has 0 fully saturated rings. The van der Waals surface area contributed by atoms with Crippen LogP contribution in [0.25, 0.3) is 0 Å². The van der Waals surface area contributed by atoms with E-state index in [1.165, 1.54) is 5.32 Å². The average Bonchev–Trinajstić information content (AvgIpc) is 2.86. The van der Waals surface area contributed by atoms with Gasteiger partial charge in [0, 0.05) is 6.07 Å². The van der Waals surface area contributed by atoms with Gasteiger partial charge in [-0.3, -0.25) is 9.48 Å². The lowest BCUT2D eigenvalue weighted by Crippen LogP contribution is -2.23. The van der Waals surface area contributed by atoms with Crippen LogP contribution in [-0.2, 0) is 11.3 Å². The molecule has 0 saturated heterocycles. The number of benzene rings is 1. The van der Waals surface area contributed by atoms with Crippen LogP contribution in [0.1, 0.15) is 24.2 Å². The van der Waals surface area contributed by atoms with E-state index in [1.54, 1.807) is 0 Å². The molecule has 1 N–H and O–H groups in total. The van der Waals surface area contributed by atoms with Crippen LogP contribution in [0, 0.1) is 23.3 Å². The Hall–Kier alpha value is -2.37. The minimum Gasteiger partial charge on any atom is -0.319 e. The van der Waals surface area contributed by atoms with Gasteiger partial charge in [-0.25, -0.2) is 35.1 Å². The summed E-state index contributed by atoms with van der Waals surface area (Å²) in [6.45, 7) is -1.23. The van der Waals surface area contributed by atoms with Gasteiger partial charge in [0.2, 0.25) is 5.91 Å². The van der Waals surface area contributed by atoms with Gasteiger partial charge in [-0.1, -0.05) is 11.6 Å². The molecule has 0 aliphatic heterocycles. The van der Waals surface area contributed by atoms with Crippen molar-refractivity contribution in [3.8, 4) is 0 Å². The summed E-state index contributed by atoms with van der Waals surface area (Å²) >= 11 is 5.36. The second-order valence-electron chi connectivity index (χ2n) is 4.73. The zero-order valence-corrected chi connectivity index (χ0v) is 12.9. The second kappa shape index (κ2) is 7.48. The maximum absolute atomic E-state index is 13.5. The first-order valence-corrected chi connectivity index (χ1v) is 6.87. The molecule has 1 heterocycles. The molecule has 0 atom stereocenters. The van der Waals surface area contributed by atoms with E-state index in [2.05, 4.69) is 5.10 Å². The highest BCUT2D eigenvalue weighted by atomic mass is 35.5. The van der Waals surface area contributed by atoms with Crippen molar-refractivity contribution in [2.45, 2.75) is 19.4 Å². The normalized spacial score (nSPS) is 11.5. The Labute approximate surface area is 144 Å². The van der Waals surface area contributed by atoms with Crippen LogP contribution in [-0.4, -0.2) is 15.7 Å². The Morgan fingerprint density at radius 3 is 2.08 bits per heavy atom. The molecule has 1 amide bonds. The number of nitrogens with zero attached hydrogens (tertiary/aromatic N) is 2. The molecule has 1 aromatic heterocycles. The number of anilines is 1. The molecule has 0 bridgehead atoms. The number of amides is 1. The maximum atomic E-state index is 13.5. The van der Waals surface area contributed by atoms with Gasteiger partial charge in [0.1, 0.15) is 23.6 Å². The third-order valence-electron chi connectivity index (χ3n) is 3.04. The Balaban J connectivity index is 2.34. The van der Waals surface area contributed by atoms with E-state index in [1.807, 2.05) is 0 Å². The molecule has 0 saturated carbocycles. The van der Waals surface area contributed by atoms with E-state index in [0.717, 1.165) is 0 Å². The number of hydrogen-bond acceptors (Lipinski definition) is 2. The SMILES string of the molecule is O=C(Cn1nc(C(F)F)c(Cl)c1C(F)F)Nc1c(F)c(F)cc(F)c1F. The first-order chi connectivity index (χ1) is 12.0. The molecule has 26 heavy (non-hydrogen) atoms. The molecule has 0 aliphatic carbocycles. The molecule has 0 spiro atoms. The van der Waals surface area contributed by atoms with Gasteiger partial charge in [-0.05, 0) is 0 Å². The lowest BCUT2D eigenvalue weighted by molar-refractivity contribution is -0.117. The topological polar surface area (TPSA) is 46.9 Å². The van der Waals surface area contributed by atoms with E-state index in [4.69, 9.17) is 11.6 Å². The predicted molar refractivity (Wildman–Crippen MR) is 72.1 cm³/mol. The van der Waals surface area contributed by atoms with Gasteiger partial charge >= 0.3 is 0 Å². The standard InChI is InChI=1S/C13H6ClF8N3O/c14-6-9(12(19)20)24-25(11(6)13(21)22)2-5(26)23-10-7(17)3(15)1-4(16)8(10)18/h1,12-13H,2H2,(H,23,26). The van der Waals surface area contributed by atoms with Crippen LogP contribution in [0.3, 0.4) is 0 Å². The smallest absolute Gasteiger partial charge is 0.283 e. The minimum absolute atomic E-state index is 0.0926. The lowest BCUT2D eigenvalue weighted by Gasteiger charge is -2.10. The zero-order chi connectivity index (χ0) is 19.8. The Morgan fingerprint density at radius 1 is 1.08 bits per heavy atom. The maximum Gasteiger partial charge on any atom is 0.283 e. The number of hydrogen-bond donors (Lipinski definition) is 1. The van der Waals surface area contributed by atoms with Crippen molar-refractivity contribution in [1.82, 2.24) is 9.78 Å². The summed E-state index contributed by atoms with van der Waals surface area (Å²) in [6.07, 6.45) is -6.74. The van der Waals surface area contributed by atoms with Gasteiger partial charge in [0.05, 0.1) is 5.02 Å². The Morgan fingerprint density at radius 2 is 1.62 bits per heavy atom. The summed E-state index contributed by atoms with van der Waals surface area (Å²) < 4.78 is 104. The van der Waals surface area contributed by atoms with Gasteiger partial charge < -0.3 is 5.32 Å². The van der Waals surface area contributed by atoms with E-state index in [9.17, 15) is 39.9 Å². The summed E-state index contributed by atoms with van der Waals surface area (Å²) in [5, 5.41) is 3.39. The highest BCUT2D eigenvalue weighted by molar-refractivity contribution is 6.32. The molecule has 0 aliphatic rings. The quantitative estimate of drug-likeness (QED) is 0.581. The molecule has 13 heteroatoms. The van der Waals surface area contributed by atoms with Gasteiger partial charge in [0.15, 0.2) is 23.3 Å². The third-order valence-corrected chi connectivity index (χ3v) is 3.43. The third kappa shape index (κ3) is 3.74. The van der Waals surface area contributed by atoms with Crippen LogP contribution in [0.5, 0.6) is 0 Å². The van der Waals surface area contributed by atoms with E-state index in [-0.39, 0.29) is 10.7 Å². The fourth-order valence-electron chi connectivity index (χ4n) is 1.94.